The predicted octanol–water partition coefficient (Wildman–Crippen LogP) is -0.0278. The molecule has 1 aromatic carbocycles. The second kappa shape index (κ2) is 5.86. The summed E-state index contributed by atoms with van der Waals surface area (Å²) in [5, 5.41) is 11.4. The molecule has 1 aromatic rings. The minimum absolute atomic E-state index is 0.402. The van der Waals surface area contributed by atoms with E-state index >= 15 is 0 Å². The second-order valence-electron chi connectivity index (χ2n) is 3.00. The Morgan fingerprint density at radius 2 is 2.06 bits per heavy atom. The van der Waals surface area contributed by atoms with Gasteiger partial charge in [-0.1, -0.05) is 0 Å². The van der Waals surface area contributed by atoms with Crippen molar-refractivity contribution in [2.45, 2.75) is 6.29 Å². The normalized spacial score (nSPS) is 12.6. The van der Waals surface area contributed by atoms with Gasteiger partial charge in [-0.05, 0) is 30.3 Å². The number of aliphatic hydroxyl groups is 1. The van der Waals surface area contributed by atoms with Gasteiger partial charge in [-0.25, -0.2) is 5.90 Å². The van der Waals surface area contributed by atoms with E-state index in [0.717, 1.165) is 12.2 Å². The van der Waals surface area contributed by atoms with Crippen LogP contribution in [0.2, 0.25) is 0 Å². The number of nitrogens with one attached hydrogen (secondary N) is 1. The van der Waals surface area contributed by atoms with E-state index in [1.807, 2.05) is 0 Å². The highest BCUT2D eigenvalue weighted by Gasteiger charge is 1.99. The van der Waals surface area contributed by atoms with Gasteiger partial charge < -0.3 is 16.2 Å². The highest BCUT2D eigenvalue weighted by atomic mass is 16.7. The van der Waals surface area contributed by atoms with Gasteiger partial charge in [-0.3, -0.25) is 9.63 Å². The molecule has 6 N–H and O–H groups in total. The van der Waals surface area contributed by atoms with Crippen molar-refractivity contribution < 1.29 is 14.7 Å². The number of anilines is 2. The number of carbonyl (C=O) groups excluding carboxylic acids is 1. The molecule has 6 heteroatoms. The molecule has 0 aliphatic heterocycles. The monoisotopic (exact) mass is 223 g/mol. The lowest BCUT2D eigenvalue weighted by molar-refractivity contribution is -0.112. The zero-order valence-corrected chi connectivity index (χ0v) is 8.46. The standard InChI is InChI=1S/C10H13N3O3/c11-7-1-3-8(4-2-7)13-9(14)5-6-10(15)16-12/h1-6,10,15H,11-12H2,(H,13,14)/b6-5-. The molecule has 0 bridgehead atoms. The summed E-state index contributed by atoms with van der Waals surface area (Å²) < 4.78 is 0. The van der Waals surface area contributed by atoms with Crippen molar-refractivity contribution in [3.8, 4) is 0 Å². The Bertz CT molecular complexity index is 375. The van der Waals surface area contributed by atoms with Gasteiger partial charge >= 0.3 is 0 Å². The maximum atomic E-state index is 11.3. The predicted molar refractivity (Wildman–Crippen MR) is 59.9 cm³/mol. The van der Waals surface area contributed by atoms with E-state index in [1.54, 1.807) is 24.3 Å². The van der Waals surface area contributed by atoms with Gasteiger partial charge in [0.25, 0.3) is 0 Å². The Labute approximate surface area is 92.5 Å². The van der Waals surface area contributed by atoms with E-state index in [1.165, 1.54) is 0 Å². The minimum atomic E-state index is -1.29. The first-order chi connectivity index (χ1) is 7.61. The Balaban J connectivity index is 2.51. The third-order valence-electron chi connectivity index (χ3n) is 1.73. The van der Waals surface area contributed by atoms with Crippen LogP contribution in [0, 0.1) is 0 Å². The maximum absolute atomic E-state index is 11.3. The number of rotatable bonds is 4. The zero-order chi connectivity index (χ0) is 12.0. The van der Waals surface area contributed by atoms with E-state index in [0.29, 0.717) is 11.4 Å². The Kier molecular flexibility index (Phi) is 4.46. The Morgan fingerprint density at radius 1 is 1.44 bits per heavy atom. The fourth-order valence-corrected chi connectivity index (χ4v) is 0.965. The summed E-state index contributed by atoms with van der Waals surface area (Å²) in [7, 11) is 0. The van der Waals surface area contributed by atoms with Gasteiger partial charge in [0.2, 0.25) is 5.91 Å². The van der Waals surface area contributed by atoms with E-state index in [9.17, 15) is 4.79 Å². The summed E-state index contributed by atoms with van der Waals surface area (Å²) in [4.78, 5) is 15.3. The van der Waals surface area contributed by atoms with Gasteiger partial charge in [0.1, 0.15) is 0 Å². The van der Waals surface area contributed by atoms with Gasteiger partial charge in [0.15, 0.2) is 6.29 Å². The van der Waals surface area contributed by atoms with Crippen molar-refractivity contribution in [1.29, 1.82) is 0 Å². The van der Waals surface area contributed by atoms with Crippen LogP contribution in [-0.2, 0) is 9.63 Å². The summed E-state index contributed by atoms with van der Waals surface area (Å²) in [6.45, 7) is 0. The van der Waals surface area contributed by atoms with E-state index in [4.69, 9.17) is 10.8 Å². The fraction of sp³-hybridized carbons (Fsp3) is 0.100. The topological polar surface area (TPSA) is 111 Å². The van der Waals surface area contributed by atoms with E-state index in [-0.39, 0.29) is 0 Å². The number of nitrogen functional groups attached to an aromatic ring is 1. The lowest BCUT2D eigenvalue weighted by Gasteiger charge is -2.03. The first-order valence-corrected chi connectivity index (χ1v) is 4.50. The van der Waals surface area contributed by atoms with Crippen LogP contribution in [0.5, 0.6) is 0 Å². The summed E-state index contributed by atoms with van der Waals surface area (Å²) in [5.74, 6) is 4.28. The number of amides is 1. The van der Waals surface area contributed by atoms with Crippen LogP contribution in [0.25, 0.3) is 0 Å². The molecule has 86 valence electrons. The Morgan fingerprint density at radius 3 is 2.62 bits per heavy atom. The summed E-state index contributed by atoms with van der Waals surface area (Å²) in [5.41, 5.74) is 6.70. The van der Waals surface area contributed by atoms with Crippen molar-refractivity contribution in [2.75, 3.05) is 11.1 Å². The number of carbonyl (C=O) groups is 1. The fourth-order valence-electron chi connectivity index (χ4n) is 0.965. The quantitative estimate of drug-likeness (QED) is 0.248. The van der Waals surface area contributed by atoms with Crippen LogP contribution in [-0.4, -0.2) is 17.3 Å². The molecule has 16 heavy (non-hydrogen) atoms. The molecular weight excluding hydrogens is 210 g/mol. The van der Waals surface area contributed by atoms with Gasteiger partial charge in [-0.2, -0.15) is 0 Å². The summed E-state index contributed by atoms with van der Waals surface area (Å²) in [6, 6.07) is 6.65. The molecule has 0 saturated carbocycles. The van der Waals surface area contributed by atoms with Crippen LogP contribution < -0.4 is 16.9 Å². The Hall–Kier alpha value is -1.89. The SMILES string of the molecule is NOC(O)/C=C\C(=O)Nc1ccc(N)cc1. The maximum Gasteiger partial charge on any atom is 0.248 e. The molecular formula is C10H13N3O3. The largest absolute Gasteiger partial charge is 0.399 e. The smallest absolute Gasteiger partial charge is 0.248 e. The lowest BCUT2D eigenvalue weighted by Crippen LogP contribution is -2.15. The third-order valence-corrected chi connectivity index (χ3v) is 1.73. The van der Waals surface area contributed by atoms with Gasteiger partial charge in [-0.15, -0.1) is 0 Å². The molecule has 0 aliphatic rings. The van der Waals surface area contributed by atoms with Crippen LogP contribution in [0.4, 0.5) is 11.4 Å². The first-order valence-electron chi connectivity index (χ1n) is 4.50. The van der Waals surface area contributed by atoms with Crippen molar-refractivity contribution in [1.82, 2.24) is 0 Å². The zero-order valence-electron chi connectivity index (χ0n) is 8.46. The van der Waals surface area contributed by atoms with Crippen molar-refractivity contribution >= 4 is 17.3 Å². The molecule has 6 nitrogen and oxygen atoms in total. The molecule has 0 radical (unpaired) electrons. The molecule has 0 spiro atoms. The molecule has 0 aliphatic carbocycles. The van der Waals surface area contributed by atoms with E-state index in [2.05, 4.69) is 16.1 Å². The molecule has 0 fully saturated rings. The number of nitrogens with two attached hydrogens (primary N) is 2. The lowest BCUT2D eigenvalue weighted by atomic mass is 10.3. The average Bonchev–Trinajstić information content (AvgIpc) is 2.29. The number of aliphatic hydroxyl groups excluding tert-OH is 1. The third kappa shape index (κ3) is 4.09. The first kappa shape index (κ1) is 12.2. The van der Waals surface area contributed by atoms with Gasteiger partial charge in [0.05, 0.1) is 0 Å². The number of hydrogen-bond donors (Lipinski definition) is 4. The van der Waals surface area contributed by atoms with Crippen LogP contribution in [0.15, 0.2) is 36.4 Å². The van der Waals surface area contributed by atoms with Crippen LogP contribution >= 0.6 is 0 Å². The van der Waals surface area contributed by atoms with Crippen LogP contribution in [0.1, 0.15) is 0 Å². The molecule has 1 unspecified atom stereocenters. The molecule has 0 aromatic heterocycles. The van der Waals surface area contributed by atoms with Crippen LogP contribution in [0.3, 0.4) is 0 Å². The highest BCUT2D eigenvalue weighted by molar-refractivity contribution is 5.99. The minimum Gasteiger partial charge on any atom is -0.399 e. The van der Waals surface area contributed by atoms with E-state index < -0.39 is 12.2 Å². The number of hydrogen-bond acceptors (Lipinski definition) is 5. The molecule has 1 rings (SSSR count). The highest BCUT2D eigenvalue weighted by Crippen LogP contribution is 2.10. The molecule has 0 heterocycles. The molecule has 1 atom stereocenters. The van der Waals surface area contributed by atoms with Crippen molar-refractivity contribution in [2.24, 2.45) is 5.90 Å². The summed E-state index contributed by atoms with van der Waals surface area (Å²) >= 11 is 0. The van der Waals surface area contributed by atoms with Crippen molar-refractivity contribution in [3.05, 3.63) is 36.4 Å². The second-order valence-corrected chi connectivity index (χ2v) is 3.00. The average molecular weight is 223 g/mol. The number of benzene rings is 1. The van der Waals surface area contributed by atoms with Crippen molar-refractivity contribution in [3.63, 3.8) is 0 Å². The summed E-state index contributed by atoms with van der Waals surface area (Å²) in [6.07, 6.45) is 0.942. The molecule has 0 saturated heterocycles. The molecule has 1 amide bonds. The van der Waals surface area contributed by atoms with Gasteiger partial charge in [0, 0.05) is 17.5 Å².